The summed E-state index contributed by atoms with van der Waals surface area (Å²) in [6.07, 6.45) is 7.04. The first kappa shape index (κ1) is 14.3. The van der Waals surface area contributed by atoms with Crippen molar-refractivity contribution < 1.29 is 4.74 Å². The highest BCUT2D eigenvalue weighted by Gasteiger charge is 2.24. The molecular formula is C17H23N3O. The van der Waals surface area contributed by atoms with Crippen molar-refractivity contribution in [2.45, 2.75) is 44.4 Å². The molecule has 0 aliphatic carbocycles. The zero-order valence-electron chi connectivity index (χ0n) is 12.5. The lowest BCUT2D eigenvalue weighted by Crippen LogP contribution is -2.28. The summed E-state index contributed by atoms with van der Waals surface area (Å²) in [7, 11) is 0. The summed E-state index contributed by atoms with van der Waals surface area (Å²) in [5.41, 5.74) is 8.81. The van der Waals surface area contributed by atoms with Gasteiger partial charge in [-0.25, -0.2) is 4.98 Å². The van der Waals surface area contributed by atoms with E-state index in [1.165, 1.54) is 5.56 Å². The summed E-state index contributed by atoms with van der Waals surface area (Å²) in [4.78, 5) is 4.33. The first-order chi connectivity index (χ1) is 10.2. The highest BCUT2D eigenvalue weighted by atomic mass is 16.5. The molecule has 2 N–H and O–H groups in total. The van der Waals surface area contributed by atoms with E-state index in [9.17, 15) is 0 Å². The van der Waals surface area contributed by atoms with Crippen molar-refractivity contribution in [1.29, 1.82) is 0 Å². The van der Waals surface area contributed by atoms with Gasteiger partial charge in [0.25, 0.3) is 0 Å². The van der Waals surface area contributed by atoms with Crippen molar-refractivity contribution in [3.05, 3.63) is 54.1 Å². The largest absolute Gasteiger partial charge is 0.378 e. The monoisotopic (exact) mass is 285 g/mol. The van der Waals surface area contributed by atoms with Crippen LogP contribution in [0.15, 0.2) is 42.9 Å². The summed E-state index contributed by atoms with van der Waals surface area (Å²) < 4.78 is 7.89. The maximum absolute atomic E-state index is 6.42. The molecule has 1 aliphatic heterocycles. The quantitative estimate of drug-likeness (QED) is 0.939. The highest BCUT2D eigenvalue weighted by molar-refractivity contribution is 5.19. The molecule has 112 valence electrons. The zero-order chi connectivity index (χ0) is 14.7. The van der Waals surface area contributed by atoms with Gasteiger partial charge < -0.3 is 15.0 Å². The molecule has 4 nitrogen and oxygen atoms in total. The van der Waals surface area contributed by atoms with Crippen LogP contribution >= 0.6 is 0 Å². The molecule has 2 unspecified atom stereocenters. The van der Waals surface area contributed by atoms with Crippen molar-refractivity contribution in [3.63, 3.8) is 0 Å². The minimum atomic E-state index is -0.0203. The fourth-order valence-electron chi connectivity index (χ4n) is 3.11. The predicted octanol–water partition coefficient (Wildman–Crippen LogP) is 2.87. The Hall–Kier alpha value is -1.65. The van der Waals surface area contributed by atoms with Crippen LogP contribution in [0.4, 0.5) is 0 Å². The summed E-state index contributed by atoms with van der Waals surface area (Å²) in [6.45, 7) is 2.95. The van der Waals surface area contributed by atoms with Crippen LogP contribution in [0.5, 0.6) is 0 Å². The van der Waals surface area contributed by atoms with Crippen LogP contribution in [-0.4, -0.2) is 22.3 Å². The zero-order valence-corrected chi connectivity index (χ0v) is 12.5. The number of imidazole rings is 1. The van der Waals surface area contributed by atoms with E-state index in [0.29, 0.717) is 12.1 Å². The van der Waals surface area contributed by atoms with Gasteiger partial charge in [0.1, 0.15) is 0 Å². The molecule has 0 bridgehead atoms. The van der Waals surface area contributed by atoms with E-state index in [1.54, 1.807) is 0 Å². The lowest BCUT2D eigenvalue weighted by atomic mass is 10.0. The van der Waals surface area contributed by atoms with Crippen LogP contribution in [-0.2, 0) is 11.2 Å². The second kappa shape index (κ2) is 6.41. The molecule has 1 saturated heterocycles. The van der Waals surface area contributed by atoms with Gasteiger partial charge in [-0.05, 0) is 31.7 Å². The Morgan fingerprint density at radius 2 is 2.19 bits per heavy atom. The van der Waals surface area contributed by atoms with E-state index in [0.717, 1.165) is 31.6 Å². The Bertz CT molecular complexity index is 566. The Morgan fingerprint density at radius 1 is 1.38 bits per heavy atom. The molecule has 0 saturated carbocycles. The normalized spacial score (nSPS) is 23.9. The Balaban J connectivity index is 1.75. The average molecular weight is 285 g/mol. The van der Waals surface area contributed by atoms with E-state index in [2.05, 4.69) is 40.7 Å². The molecule has 1 aliphatic rings. The maximum Gasteiger partial charge on any atom is 0.0951 e. The van der Waals surface area contributed by atoms with E-state index >= 15 is 0 Å². The molecule has 2 aromatic rings. The van der Waals surface area contributed by atoms with Crippen molar-refractivity contribution in [2.24, 2.45) is 5.73 Å². The van der Waals surface area contributed by atoms with Gasteiger partial charge in [-0.15, -0.1) is 0 Å². The number of nitrogens with two attached hydrogens (primary N) is 1. The summed E-state index contributed by atoms with van der Waals surface area (Å²) in [6, 6.07) is 10.8. The molecule has 3 rings (SSSR count). The first-order valence-electron chi connectivity index (χ1n) is 7.67. The lowest BCUT2D eigenvalue weighted by Gasteiger charge is -2.30. The molecule has 0 amide bonds. The molecule has 0 spiro atoms. The Morgan fingerprint density at radius 3 is 2.95 bits per heavy atom. The second-order valence-electron chi connectivity index (χ2n) is 5.88. The minimum absolute atomic E-state index is 0.0203. The standard InChI is InChI=1S/C17H23N3O/c1-13-9-15(7-8-21-13)20-12-19-11-17(20)16(18)10-14-5-3-2-4-6-14/h2-6,11-13,15-16H,7-10,18H2,1H3/t13?,15?,16-/m1/s1. The first-order valence-corrected chi connectivity index (χ1v) is 7.67. The van der Waals surface area contributed by atoms with Crippen LogP contribution in [0.25, 0.3) is 0 Å². The molecule has 1 fully saturated rings. The number of nitrogens with zero attached hydrogens (tertiary/aromatic N) is 2. The molecule has 21 heavy (non-hydrogen) atoms. The number of benzene rings is 1. The second-order valence-corrected chi connectivity index (χ2v) is 5.88. The van der Waals surface area contributed by atoms with Crippen molar-refractivity contribution in [2.75, 3.05) is 6.61 Å². The Kier molecular flexibility index (Phi) is 4.36. The van der Waals surface area contributed by atoms with E-state index in [1.807, 2.05) is 18.6 Å². The Labute approximate surface area is 125 Å². The summed E-state index contributed by atoms with van der Waals surface area (Å²) >= 11 is 0. The SMILES string of the molecule is CC1CC(n2cncc2[C@H](N)Cc2ccccc2)CCO1. The summed E-state index contributed by atoms with van der Waals surface area (Å²) in [5, 5.41) is 0. The molecule has 4 heteroatoms. The lowest BCUT2D eigenvalue weighted by molar-refractivity contribution is 0.00528. The van der Waals surface area contributed by atoms with Crippen LogP contribution < -0.4 is 5.73 Å². The number of aromatic nitrogens is 2. The number of hydrogen-bond donors (Lipinski definition) is 1. The highest BCUT2D eigenvalue weighted by Crippen LogP contribution is 2.28. The van der Waals surface area contributed by atoms with Gasteiger partial charge in [0.15, 0.2) is 0 Å². The van der Waals surface area contributed by atoms with Gasteiger partial charge >= 0.3 is 0 Å². The molecule has 1 aromatic carbocycles. The van der Waals surface area contributed by atoms with Crippen molar-refractivity contribution in [1.82, 2.24) is 9.55 Å². The van der Waals surface area contributed by atoms with Crippen LogP contribution in [0.2, 0.25) is 0 Å². The van der Waals surface area contributed by atoms with Crippen molar-refractivity contribution in [3.8, 4) is 0 Å². The third kappa shape index (κ3) is 3.34. The van der Waals surface area contributed by atoms with Gasteiger partial charge in [0.2, 0.25) is 0 Å². The van der Waals surface area contributed by atoms with E-state index in [-0.39, 0.29) is 6.04 Å². The maximum atomic E-state index is 6.42. The number of ether oxygens (including phenoxy) is 1. The fraction of sp³-hybridized carbons (Fsp3) is 0.471. The minimum Gasteiger partial charge on any atom is -0.378 e. The smallest absolute Gasteiger partial charge is 0.0951 e. The summed E-state index contributed by atoms with van der Waals surface area (Å²) in [5.74, 6) is 0. The number of rotatable bonds is 4. The van der Waals surface area contributed by atoms with E-state index in [4.69, 9.17) is 10.5 Å². The third-order valence-electron chi connectivity index (χ3n) is 4.23. The van der Waals surface area contributed by atoms with E-state index < -0.39 is 0 Å². The van der Waals surface area contributed by atoms with Gasteiger partial charge in [0, 0.05) is 18.8 Å². The van der Waals surface area contributed by atoms with Crippen LogP contribution in [0.1, 0.15) is 43.1 Å². The van der Waals surface area contributed by atoms with Crippen molar-refractivity contribution >= 4 is 0 Å². The van der Waals surface area contributed by atoms with Gasteiger partial charge in [-0.1, -0.05) is 30.3 Å². The fourth-order valence-corrected chi connectivity index (χ4v) is 3.11. The van der Waals surface area contributed by atoms with Gasteiger partial charge in [-0.3, -0.25) is 0 Å². The van der Waals surface area contributed by atoms with Gasteiger partial charge in [-0.2, -0.15) is 0 Å². The third-order valence-corrected chi connectivity index (χ3v) is 4.23. The average Bonchev–Trinajstić information content (AvgIpc) is 2.98. The molecule has 2 heterocycles. The molecule has 3 atom stereocenters. The molecule has 0 radical (unpaired) electrons. The predicted molar refractivity (Wildman–Crippen MR) is 83.0 cm³/mol. The van der Waals surface area contributed by atoms with Crippen LogP contribution in [0.3, 0.4) is 0 Å². The van der Waals surface area contributed by atoms with Crippen LogP contribution in [0, 0.1) is 0 Å². The topological polar surface area (TPSA) is 53.1 Å². The number of hydrogen-bond acceptors (Lipinski definition) is 3. The molecular weight excluding hydrogens is 262 g/mol. The van der Waals surface area contributed by atoms with Gasteiger partial charge in [0.05, 0.1) is 24.2 Å². The molecule has 1 aromatic heterocycles.